The maximum atomic E-state index is 11.3. The molecule has 0 atom stereocenters. The van der Waals surface area contributed by atoms with Crippen LogP contribution in [0.2, 0.25) is 10.0 Å². The van der Waals surface area contributed by atoms with E-state index in [4.69, 9.17) is 27.9 Å². The van der Waals surface area contributed by atoms with Gasteiger partial charge in [0.25, 0.3) is 5.91 Å². The van der Waals surface area contributed by atoms with E-state index >= 15 is 0 Å². The second kappa shape index (κ2) is 5.41. The largest absolute Gasteiger partial charge is 0.482 e. The van der Waals surface area contributed by atoms with Crippen LogP contribution in [0.1, 0.15) is 5.56 Å². The number of hydrogen-bond acceptors (Lipinski definition) is 2. The molecule has 0 aliphatic carbocycles. The Labute approximate surface area is 105 Å². The minimum Gasteiger partial charge on any atom is -0.482 e. The summed E-state index contributed by atoms with van der Waals surface area (Å²) >= 11 is 11.9. The van der Waals surface area contributed by atoms with Gasteiger partial charge in [0.1, 0.15) is 5.75 Å². The van der Waals surface area contributed by atoms with Crippen molar-refractivity contribution < 1.29 is 9.53 Å². The minimum absolute atomic E-state index is 0.0339. The van der Waals surface area contributed by atoms with Crippen LogP contribution < -0.4 is 4.74 Å². The number of benzene rings is 1. The summed E-state index contributed by atoms with van der Waals surface area (Å²) in [4.78, 5) is 12.8. The molecule has 1 amide bonds. The molecule has 0 unspecified atom stereocenters. The summed E-state index contributed by atoms with van der Waals surface area (Å²) in [5.74, 6) is 0.349. The van der Waals surface area contributed by atoms with Crippen molar-refractivity contribution in [2.45, 2.75) is 6.92 Å². The molecule has 0 aromatic heterocycles. The number of ether oxygens (including phenoxy) is 1. The highest BCUT2D eigenvalue weighted by molar-refractivity contribution is 6.36. The lowest BCUT2D eigenvalue weighted by atomic mass is 10.2. The van der Waals surface area contributed by atoms with E-state index in [1.807, 2.05) is 0 Å². The second-order valence-corrected chi connectivity index (χ2v) is 4.35. The first-order valence-electron chi connectivity index (χ1n) is 4.71. The van der Waals surface area contributed by atoms with E-state index in [0.717, 1.165) is 5.56 Å². The highest BCUT2D eigenvalue weighted by Gasteiger charge is 2.10. The summed E-state index contributed by atoms with van der Waals surface area (Å²) < 4.78 is 5.31. The van der Waals surface area contributed by atoms with E-state index in [1.54, 1.807) is 33.2 Å². The summed E-state index contributed by atoms with van der Waals surface area (Å²) in [5.41, 5.74) is 0.748. The van der Waals surface area contributed by atoms with Crippen LogP contribution in [0.5, 0.6) is 5.75 Å². The third-order valence-corrected chi connectivity index (χ3v) is 3.01. The molecule has 0 heterocycles. The smallest absolute Gasteiger partial charge is 0.259 e. The van der Waals surface area contributed by atoms with Crippen molar-refractivity contribution in [2.24, 2.45) is 0 Å². The number of hydrogen-bond donors (Lipinski definition) is 0. The lowest BCUT2D eigenvalue weighted by molar-refractivity contribution is -0.130. The molecule has 3 nitrogen and oxygen atoms in total. The van der Waals surface area contributed by atoms with Gasteiger partial charge in [-0.1, -0.05) is 23.2 Å². The summed E-state index contributed by atoms with van der Waals surface area (Å²) in [6, 6.07) is 3.35. The minimum atomic E-state index is -0.122. The van der Waals surface area contributed by atoms with Crippen molar-refractivity contribution in [3.8, 4) is 5.75 Å². The number of carbonyl (C=O) groups is 1. The Bertz CT molecular complexity index is 405. The number of amides is 1. The molecule has 0 aliphatic rings. The average Bonchev–Trinajstić information content (AvgIpc) is 2.24. The maximum absolute atomic E-state index is 11.3. The van der Waals surface area contributed by atoms with Crippen LogP contribution in [0.4, 0.5) is 0 Å². The Morgan fingerprint density at radius 3 is 2.56 bits per heavy atom. The van der Waals surface area contributed by atoms with Gasteiger partial charge < -0.3 is 9.64 Å². The van der Waals surface area contributed by atoms with E-state index in [-0.39, 0.29) is 12.5 Å². The van der Waals surface area contributed by atoms with Crippen LogP contribution in [0.3, 0.4) is 0 Å². The third kappa shape index (κ3) is 3.03. The third-order valence-electron chi connectivity index (χ3n) is 2.13. The molecule has 0 radical (unpaired) electrons. The molecule has 1 aromatic rings. The summed E-state index contributed by atoms with van der Waals surface area (Å²) in [6.45, 7) is 1.76. The number of nitrogens with zero attached hydrogens (tertiary/aromatic N) is 1. The van der Waals surface area contributed by atoms with Gasteiger partial charge in [0, 0.05) is 19.1 Å². The molecular formula is C11H13Cl2NO2. The fraction of sp³-hybridized carbons (Fsp3) is 0.364. The lowest BCUT2D eigenvalue weighted by Gasteiger charge is -2.13. The second-order valence-electron chi connectivity index (χ2n) is 3.56. The highest BCUT2D eigenvalue weighted by atomic mass is 35.5. The molecule has 0 aliphatic heterocycles. The normalized spacial score (nSPS) is 10.1. The van der Waals surface area contributed by atoms with Gasteiger partial charge in [-0.15, -0.1) is 0 Å². The summed E-state index contributed by atoms with van der Waals surface area (Å²) in [7, 11) is 3.33. The van der Waals surface area contributed by atoms with Gasteiger partial charge in [-0.25, -0.2) is 0 Å². The SMILES string of the molecule is Cc1c(Cl)ccc(OCC(=O)N(C)C)c1Cl. The van der Waals surface area contributed by atoms with Crippen LogP contribution >= 0.6 is 23.2 Å². The molecule has 5 heteroatoms. The zero-order valence-corrected chi connectivity index (χ0v) is 10.9. The Kier molecular flexibility index (Phi) is 4.44. The Morgan fingerprint density at radius 1 is 1.38 bits per heavy atom. The van der Waals surface area contributed by atoms with Crippen LogP contribution in [-0.2, 0) is 4.79 Å². The quantitative estimate of drug-likeness (QED) is 0.838. The van der Waals surface area contributed by atoms with E-state index < -0.39 is 0 Å². The summed E-state index contributed by atoms with van der Waals surface area (Å²) in [6.07, 6.45) is 0. The van der Waals surface area contributed by atoms with Crippen LogP contribution in [0.15, 0.2) is 12.1 Å². The van der Waals surface area contributed by atoms with Crippen molar-refractivity contribution in [3.63, 3.8) is 0 Å². The molecule has 0 bridgehead atoms. The molecule has 88 valence electrons. The zero-order chi connectivity index (χ0) is 12.3. The van der Waals surface area contributed by atoms with Gasteiger partial charge in [0.05, 0.1) is 5.02 Å². The number of carbonyl (C=O) groups excluding carboxylic acids is 1. The van der Waals surface area contributed by atoms with E-state index in [0.29, 0.717) is 15.8 Å². The van der Waals surface area contributed by atoms with Crippen molar-refractivity contribution in [1.29, 1.82) is 0 Å². The monoisotopic (exact) mass is 261 g/mol. The van der Waals surface area contributed by atoms with Gasteiger partial charge in [-0.2, -0.15) is 0 Å². The van der Waals surface area contributed by atoms with Crippen molar-refractivity contribution in [2.75, 3.05) is 20.7 Å². The van der Waals surface area contributed by atoms with Crippen LogP contribution in [0.25, 0.3) is 0 Å². The predicted octanol–water partition coefficient (Wildman–Crippen LogP) is 2.77. The molecular weight excluding hydrogens is 249 g/mol. The molecule has 0 saturated carbocycles. The molecule has 0 spiro atoms. The van der Waals surface area contributed by atoms with E-state index in [9.17, 15) is 4.79 Å². The van der Waals surface area contributed by atoms with Crippen molar-refractivity contribution in [1.82, 2.24) is 4.90 Å². The van der Waals surface area contributed by atoms with Gasteiger partial charge in [0.2, 0.25) is 0 Å². The van der Waals surface area contributed by atoms with Gasteiger partial charge in [-0.3, -0.25) is 4.79 Å². The maximum Gasteiger partial charge on any atom is 0.259 e. The fourth-order valence-corrected chi connectivity index (χ4v) is 1.44. The van der Waals surface area contributed by atoms with Crippen molar-refractivity contribution >= 4 is 29.1 Å². The summed E-state index contributed by atoms with van der Waals surface area (Å²) in [5, 5.41) is 1.02. The molecule has 1 aromatic carbocycles. The number of halogens is 2. The zero-order valence-electron chi connectivity index (χ0n) is 9.38. The lowest BCUT2D eigenvalue weighted by Crippen LogP contribution is -2.27. The first kappa shape index (κ1) is 13.1. The van der Waals surface area contributed by atoms with Gasteiger partial charge >= 0.3 is 0 Å². The molecule has 0 saturated heterocycles. The van der Waals surface area contributed by atoms with Gasteiger partial charge in [-0.05, 0) is 24.6 Å². The fourth-order valence-electron chi connectivity index (χ4n) is 1.02. The van der Waals surface area contributed by atoms with Crippen molar-refractivity contribution in [3.05, 3.63) is 27.7 Å². The molecule has 0 fully saturated rings. The molecule has 0 N–H and O–H groups in total. The molecule has 1 rings (SSSR count). The van der Waals surface area contributed by atoms with E-state index in [1.165, 1.54) is 4.90 Å². The number of likely N-dealkylation sites (N-methyl/N-ethyl adjacent to an activating group) is 1. The predicted molar refractivity (Wildman–Crippen MR) is 65.4 cm³/mol. The van der Waals surface area contributed by atoms with Gasteiger partial charge in [0.15, 0.2) is 6.61 Å². The topological polar surface area (TPSA) is 29.5 Å². The van der Waals surface area contributed by atoms with E-state index in [2.05, 4.69) is 0 Å². The molecule has 16 heavy (non-hydrogen) atoms. The number of rotatable bonds is 3. The average molecular weight is 262 g/mol. The Morgan fingerprint density at radius 2 is 2.00 bits per heavy atom. The first-order chi connectivity index (χ1) is 7.43. The first-order valence-corrected chi connectivity index (χ1v) is 5.46. The van der Waals surface area contributed by atoms with Crippen LogP contribution in [-0.4, -0.2) is 31.5 Å². The standard InChI is InChI=1S/C11H13Cl2NO2/c1-7-8(12)4-5-9(11(7)13)16-6-10(15)14(2)3/h4-5H,6H2,1-3H3. The van der Waals surface area contributed by atoms with Crippen LogP contribution in [0, 0.1) is 6.92 Å². The Balaban J connectivity index is 2.76. The Hall–Kier alpha value is -0.930. The highest BCUT2D eigenvalue weighted by Crippen LogP contribution is 2.32.